The van der Waals surface area contributed by atoms with Gasteiger partial charge in [-0.3, -0.25) is 4.79 Å². The van der Waals surface area contributed by atoms with Crippen molar-refractivity contribution in [1.82, 2.24) is 9.97 Å². The molecular weight excluding hydrogens is 302 g/mol. The Kier molecular flexibility index (Phi) is 2.25. The minimum Gasteiger partial charge on any atom is -0.307 e. The lowest BCUT2D eigenvalue weighted by molar-refractivity contribution is 1.23. The number of hydrogen-bond donors (Lipinski definition) is 1. The zero-order chi connectivity index (χ0) is 9.42. The highest BCUT2D eigenvalue weighted by atomic mass is 127. The van der Waals surface area contributed by atoms with Gasteiger partial charge in [-0.1, -0.05) is 11.6 Å². The van der Waals surface area contributed by atoms with E-state index in [2.05, 4.69) is 32.6 Å². The molecule has 2 aromatic rings. The number of H-pyrrole nitrogens is 1. The van der Waals surface area contributed by atoms with Gasteiger partial charge in [-0.05, 0) is 28.7 Å². The Morgan fingerprint density at radius 3 is 3.00 bits per heavy atom. The van der Waals surface area contributed by atoms with Crippen LogP contribution in [0.4, 0.5) is 0 Å². The van der Waals surface area contributed by atoms with E-state index in [9.17, 15) is 4.79 Å². The number of nitrogens with zero attached hydrogens (tertiary/aromatic N) is 1. The Balaban J connectivity index is 2.95. The van der Waals surface area contributed by atoms with Crippen LogP contribution in [0.3, 0.4) is 0 Å². The summed E-state index contributed by atoms with van der Waals surface area (Å²) in [5.41, 5.74) is 0.357. The van der Waals surface area contributed by atoms with E-state index in [4.69, 9.17) is 11.6 Å². The molecule has 0 atom stereocenters. The molecule has 5 heteroatoms. The Hall–Kier alpha value is -0.620. The second-order valence-electron chi connectivity index (χ2n) is 2.50. The average molecular weight is 306 g/mol. The SMILES string of the molecule is O=c1ccc2c(Cl)c(I)cnc2[nH]1. The van der Waals surface area contributed by atoms with Gasteiger partial charge in [0.15, 0.2) is 0 Å². The first-order chi connectivity index (χ1) is 6.18. The van der Waals surface area contributed by atoms with Crippen LogP contribution in [0.2, 0.25) is 5.02 Å². The first kappa shape index (κ1) is 8.96. The van der Waals surface area contributed by atoms with E-state index in [0.717, 1.165) is 8.96 Å². The van der Waals surface area contributed by atoms with Gasteiger partial charge in [-0.25, -0.2) is 4.98 Å². The van der Waals surface area contributed by atoms with E-state index >= 15 is 0 Å². The molecule has 0 unspecified atom stereocenters. The third kappa shape index (κ3) is 1.55. The van der Waals surface area contributed by atoms with Gasteiger partial charge < -0.3 is 4.98 Å². The summed E-state index contributed by atoms with van der Waals surface area (Å²) >= 11 is 8.10. The third-order valence-electron chi connectivity index (χ3n) is 1.65. The van der Waals surface area contributed by atoms with Gasteiger partial charge in [0.1, 0.15) is 5.65 Å². The molecule has 0 aliphatic carbocycles. The smallest absolute Gasteiger partial charge is 0.249 e. The largest absolute Gasteiger partial charge is 0.307 e. The lowest BCUT2D eigenvalue weighted by Crippen LogP contribution is -2.03. The molecule has 0 saturated carbocycles. The molecule has 0 aromatic carbocycles. The molecule has 0 aliphatic heterocycles. The normalized spacial score (nSPS) is 10.6. The lowest BCUT2D eigenvalue weighted by atomic mass is 10.3. The predicted octanol–water partition coefficient (Wildman–Crippen LogP) is 2.18. The summed E-state index contributed by atoms with van der Waals surface area (Å²) < 4.78 is 0.874. The first-order valence-electron chi connectivity index (χ1n) is 3.51. The highest BCUT2D eigenvalue weighted by Crippen LogP contribution is 2.24. The highest BCUT2D eigenvalue weighted by molar-refractivity contribution is 14.1. The van der Waals surface area contributed by atoms with Crippen LogP contribution in [0.1, 0.15) is 0 Å². The monoisotopic (exact) mass is 306 g/mol. The maximum absolute atomic E-state index is 10.9. The van der Waals surface area contributed by atoms with E-state index in [1.54, 1.807) is 12.3 Å². The number of aromatic nitrogens is 2. The molecule has 0 spiro atoms. The number of halogens is 2. The van der Waals surface area contributed by atoms with Crippen molar-refractivity contribution in [1.29, 1.82) is 0 Å². The molecule has 2 rings (SSSR count). The van der Waals surface area contributed by atoms with Crippen LogP contribution in [0, 0.1) is 3.57 Å². The highest BCUT2D eigenvalue weighted by Gasteiger charge is 2.03. The van der Waals surface area contributed by atoms with Crippen molar-refractivity contribution in [2.45, 2.75) is 0 Å². The fourth-order valence-corrected chi connectivity index (χ4v) is 1.68. The van der Waals surface area contributed by atoms with E-state index in [1.165, 1.54) is 6.07 Å². The van der Waals surface area contributed by atoms with Gasteiger partial charge in [-0.2, -0.15) is 0 Å². The second-order valence-corrected chi connectivity index (χ2v) is 4.05. The molecule has 0 bridgehead atoms. The van der Waals surface area contributed by atoms with Gasteiger partial charge >= 0.3 is 0 Å². The van der Waals surface area contributed by atoms with Crippen molar-refractivity contribution < 1.29 is 0 Å². The first-order valence-corrected chi connectivity index (χ1v) is 4.97. The van der Waals surface area contributed by atoms with E-state index in [0.29, 0.717) is 10.7 Å². The van der Waals surface area contributed by atoms with Gasteiger partial charge in [0, 0.05) is 17.6 Å². The fraction of sp³-hybridized carbons (Fsp3) is 0. The minimum atomic E-state index is -0.169. The fourth-order valence-electron chi connectivity index (χ4n) is 1.05. The molecule has 0 radical (unpaired) electrons. The van der Waals surface area contributed by atoms with Crippen LogP contribution in [-0.2, 0) is 0 Å². The zero-order valence-electron chi connectivity index (χ0n) is 6.34. The van der Waals surface area contributed by atoms with E-state index in [1.807, 2.05) is 0 Å². The number of nitrogens with one attached hydrogen (secondary N) is 1. The predicted molar refractivity (Wildman–Crippen MR) is 60.1 cm³/mol. The Labute approximate surface area is 92.3 Å². The summed E-state index contributed by atoms with van der Waals surface area (Å²) in [6.45, 7) is 0. The molecule has 66 valence electrons. The molecule has 2 heterocycles. The molecular formula is C8H4ClIN2O. The van der Waals surface area contributed by atoms with Crippen LogP contribution >= 0.6 is 34.2 Å². The molecule has 2 aromatic heterocycles. The van der Waals surface area contributed by atoms with Gasteiger partial charge in [0.2, 0.25) is 5.56 Å². The van der Waals surface area contributed by atoms with Crippen LogP contribution < -0.4 is 5.56 Å². The second kappa shape index (κ2) is 3.26. The van der Waals surface area contributed by atoms with Crippen LogP contribution in [0.5, 0.6) is 0 Å². The van der Waals surface area contributed by atoms with Gasteiger partial charge in [0.25, 0.3) is 0 Å². The zero-order valence-corrected chi connectivity index (χ0v) is 9.26. The maximum atomic E-state index is 10.9. The standard InChI is InChI=1S/C8H4ClIN2O/c9-7-4-1-2-6(13)12-8(4)11-3-5(7)10/h1-3H,(H,11,12,13). The number of hydrogen-bond acceptors (Lipinski definition) is 2. The number of aromatic amines is 1. The molecule has 13 heavy (non-hydrogen) atoms. The number of fused-ring (bicyclic) bond motifs is 1. The summed E-state index contributed by atoms with van der Waals surface area (Å²) in [7, 11) is 0. The lowest BCUT2D eigenvalue weighted by Gasteiger charge is -1.99. The van der Waals surface area contributed by atoms with E-state index in [-0.39, 0.29) is 5.56 Å². The molecule has 3 nitrogen and oxygen atoms in total. The molecule has 0 fully saturated rings. The molecule has 1 N–H and O–H groups in total. The topological polar surface area (TPSA) is 45.8 Å². The van der Waals surface area contributed by atoms with Crippen LogP contribution in [0.25, 0.3) is 11.0 Å². The van der Waals surface area contributed by atoms with Crippen LogP contribution in [0.15, 0.2) is 23.1 Å². The molecule has 0 aliphatic rings. The van der Waals surface area contributed by atoms with Gasteiger partial charge in [-0.15, -0.1) is 0 Å². The Morgan fingerprint density at radius 1 is 1.46 bits per heavy atom. The van der Waals surface area contributed by atoms with E-state index < -0.39 is 0 Å². The summed E-state index contributed by atoms with van der Waals surface area (Å²) in [4.78, 5) is 17.6. The summed E-state index contributed by atoms with van der Waals surface area (Å²) in [5.74, 6) is 0. The van der Waals surface area contributed by atoms with Crippen molar-refractivity contribution in [2.75, 3.05) is 0 Å². The van der Waals surface area contributed by atoms with Crippen LogP contribution in [-0.4, -0.2) is 9.97 Å². The van der Waals surface area contributed by atoms with Crippen molar-refractivity contribution in [2.24, 2.45) is 0 Å². The Morgan fingerprint density at radius 2 is 2.23 bits per heavy atom. The Bertz CT molecular complexity index is 523. The third-order valence-corrected chi connectivity index (χ3v) is 3.20. The summed E-state index contributed by atoms with van der Waals surface area (Å²) in [5, 5.41) is 1.40. The van der Waals surface area contributed by atoms with Crippen molar-refractivity contribution in [3.05, 3.63) is 37.3 Å². The maximum Gasteiger partial charge on any atom is 0.249 e. The number of pyridine rings is 2. The summed E-state index contributed by atoms with van der Waals surface area (Å²) in [6, 6.07) is 3.11. The molecule has 0 saturated heterocycles. The molecule has 0 amide bonds. The van der Waals surface area contributed by atoms with Crippen molar-refractivity contribution >= 4 is 45.2 Å². The summed E-state index contributed by atoms with van der Waals surface area (Å²) in [6.07, 6.45) is 1.63. The minimum absolute atomic E-state index is 0.169. The van der Waals surface area contributed by atoms with Crippen molar-refractivity contribution in [3.8, 4) is 0 Å². The average Bonchev–Trinajstić information content (AvgIpc) is 2.12. The quantitative estimate of drug-likeness (QED) is 0.758. The van der Waals surface area contributed by atoms with Gasteiger partial charge in [0.05, 0.1) is 8.59 Å². The number of rotatable bonds is 0. The van der Waals surface area contributed by atoms with Crippen molar-refractivity contribution in [3.63, 3.8) is 0 Å².